The monoisotopic (exact) mass is 413 g/mol. The van der Waals surface area contributed by atoms with Crippen molar-refractivity contribution in [2.45, 2.75) is 4.90 Å². The molecule has 29 heavy (non-hydrogen) atoms. The Morgan fingerprint density at radius 3 is 2.21 bits per heavy atom. The first-order chi connectivity index (χ1) is 13.9. The summed E-state index contributed by atoms with van der Waals surface area (Å²) in [4.78, 5) is 24.2. The third-order valence-electron chi connectivity index (χ3n) is 4.39. The fourth-order valence-electron chi connectivity index (χ4n) is 2.91. The van der Waals surface area contributed by atoms with E-state index in [9.17, 15) is 18.0 Å². The predicted octanol–water partition coefficient (Wildman–Crippen LogP) is 2.99. The zero-order chi connectivity index (χ0) is 21.0. The van der Waals surface area contributed by atoms with Crippen LogP contribution in [0.25, 0.3) is 10.8 Å². The maximum absolute atomic E-state index is 13.5. The lowest BCUT2D eigenvalue weighted by Gasteiger charge is -2.25. The lowest BCUT2D eigenvalue weighted by Crippen LogP contribution is -2.37. The fraction of sp³-hybridized carbons (Fsp3) is 0.143. The molecule has 0 heterocycles. The van der Waals surface area contributed by atoms with E-state index in [4.69, 9.17) is 4.74 Å². The van der Waals surface area contributed by atoms with Crippen molar-refractivity contribution < 1.29 is 27.5 Å². The maximum atomic E-state index is 13.5. The van der Waals surface area contributed by atoms with Crippen LogP contribution >= 0.6 is 0 Å². The number of sulfonamides is 1. The van der Waals surface area contributed by atoms with Crippen LogP contribution in [-0.4, -0.2) is 41.1 Å². The molecule has 0 aromatic heterocycles. The molecule has 0 unspecified atom stereocenters. The Morgan fingerprint density at radius 1 is 0.862 bits per heavy atom. The minimum absolute atomic E-state index is 0.0141. The number of para-hydroxylation sites is 1. The Bertz CT molecular complexity index is 1170. The molecule has 0 atom stereocenters. The molecule has 8 heteroatoms. The molecule has 7 nitrogen and oxygen atoms in total. The van der Waals surface area contributed by atoms with Gasteiger partial charge in [0.15, 0.2) is 0 Å². The van der Waals surface area contributed by atoms with Crippen molar-refractivity contribution in [2.75, 3.05) is 25.1 Å². The molecule has 3 aromatic rings. The van der Waals surface area contributed by atoms with Gasteiger partial charge in [0, 0.05) is 0 Å². The molecular weight excluding hydrogens is 394 g/mol. The second-order valence-electron chi connectivity index (χ2n) is 6.11. The number of methoxy groups -OCH3 is 2. The van der Waals surface area contributed by atoms with Crippen molar-refractivity contribution in [2.24, 2.45) is 0 Å². The summed E-state index contributed by atoms with van der Waals surface area (Å²) in [5, 5.41) is 1.61. The summed E-state index contributed by atoms with van der Waals surface area (Å²) >= 11 is 0. The Balaban J connectivity index is 2.18. The highest BCUT2D eigenvalue weighted by Gasteiger charge is 2.31. The molecular formula is C21H19NO6S. The van der Waals surface area contributed by atoms with Crippen molar-refractivity contribution in [3.05, 3.63) is 72.3 Å². The number of ether oxygens (including phenoxy) is 2. The highest BCUT2D eigenvalue weighted by molar-refractivity contribution is 7.92. The van der Waals surface area contributed by atoms with Gasteiger partial charge in [0.1, 0.15) is 6.54 Å². The Kier molecular flexibility index (Phi) is 5.84. The van der Waals surface area contributed by atoms with Gasteiger partial charge in [-0.05, 0) is 35.0 Å². The summed E-state index contributed by atoms with van der Waals surface area (Å²) in [7, 11) is -1.83. The topological polar surface area (TPSA) is 90.0 Å². The highest BCUT2D eigenvalue weighted by Crippen LogP contribution is 2.29. The SMILES string of the molecule is COC(=O)CN(c1ccccc1C(=O)OC)S(=O)(=O)c1ccc2ccccc2c1. The van der Waals surface area contributed by atoms with Gasteiger partial charge in [0.25, 0.3) is 10.0 Å². The molecule has 0 bridgehead atoms. The van der Waals surface area contributed by atoms with Crippen molar-refractivity contribution in [1.29, 1.82) is 0 Å². The molecule has 0 saturated heterocycles. The lowest BCUT2D eigenvalue weighted by atomic mass is 10.1. The largest absolute Gasteiger partial charge is 0.468 e. The smallest absolute Gasteiger partial charge is 0.340 e. The molecule has 0 aliphatic carbocycles. The van der Waals surface area contributed by atoms with Gasteiger partial charge in [-0.2, -0.15) is 0 Å². The molecule has 0 fully saturated rings. The zero-order valence-corrected chi connectivity index (χ0v) is 16.7. The van der Waals surface area contributed by atoms with E-state index in [0.717, 1.165) is 22.2 Å². The van der Waals surface area contributed by atoms with E-state index in [0.29, 0.717) is 0 Å². The number of esters is 2. The zero-order valence-electron chi connectivity index (χ0n) is 15.9. The minimum atomic E-state index is -4.19. The molecule has 0 N–H and O–H groups in total. The molecule has 3 aromatic carbocycles. The lowest BCUT2D eigenvalue weighted by molar-refractivity contribution is -0.138. The Hall–Kier alpha value is -3.39. The quantitative estimate of drug-likeness (QED) is 0.577. The molecule has 0 aliphatic rings. The van der Waals surface area contributed by atoms with Gasteiger partial charge >= 0.3 is 11.9 Å². The van der Waals surface area contributed by atoms with Crippen LogP contribution in [-0.2, 0) is 24.3 Å². The van der Waals surface area contributed by atoms with E-state index < -0.39 is 28.5 Å². The van der Waals surface area contributed by atoms with Gasteiger partial charge in [-0.25, -0.2) is 13.2 Å². The molecule has 0 aliphatic heterocycles. The van der Waals surface area contributed by atoms with Crippen LogP contribution in [0.4, 0.5) is 5.69 Å². The summed E-state index contributed by atoms with van der Waals surface area (Å²) in [6, 6.07) is 18.0. The summed E-state index contributed by atoms with van der Waals surface area (Å²) in [6.07, 6.45) is 0. The van der Waals surface area contributed by atoms with E-state index in [-0.39, 0.29) is 16.1 Å². The first-order valence-electron chi connectivity index (χ1n) is 8.64. The maximum Gasteiger partial charge on any atom is 0.340 e. The third kappa shape index (κ3) is 4.07. The number of rotatable bonds is 6. The molecule has 0 saturated carbocycles. The van der Waals surface area contributed by atoms with Crippen LogP contribution in [0.1, 0.15) is 10.4 Å². The van der Waals surface area contributed by atoms with E-state index in [2.05, 4.69) is 4.74 Å². The van der Waals surface area contributed by atoms with Gasteiger partial charge in [-0.3, -0.25) is 9.10 Å². The summed E-state index contributed by atoms with van der Waals surface area (Å²) in [5.41, 5.74) is 0.0428. The average molecular weight is 413 g/mol. The summed E-state index contributed by atoms with van der Waals surface area (Å²) < 4.78 is 37.2. The number of anilines is 1. The summed E-state index contributed by atoms with van der Waals surface area (Å²) in [6.45, 7) is -0.598. The normalized spacial score (nSPS) is 11.1. The van der Waals surface area contributed by atoms with Gasteiger partial charge in [-0.1, -0.05) is 42.5 Å². The van der Waals surface area contributed by atoms with Crippen molar-refractivity contribution >= 4 is 38.4 Å². The van der Waals surface area contributed by atoms with Crippen LogP contribution < -0.4 is 4.31 Å². The number of benzene rings is 3. The number of carbonyl (C=O) groups is 2. The highest BCUT2D eigenvalue weighted by atomic mass is 32.2. The number of carbonyl (C=O) groups excluding carboxylic acids is 2. The number of fused-ring (bicyclic) bond motifs is 1. The predicted molar refractivity (Wildman–Crippen MR) is 108 cm³/mol. The van der Waals surface area contributed by atoms with Crippen LogP contribution in [0.5, 0.6) is 0 Å². The number of hydrogen-bond acceptors (Lipinski definition) is 6. The van der Waals surface area contributed by atoms with E-state index in [1.54, 1.807) is 30.3 Å². The second kappa shape index (κ2) is 8.32. The average Bonchev–Trinajstić information content (AvgIpc) is 2.76. The van der Waals surface area contributed by atoms with E-state index in [1.807, 2.05) is 12.1 Å². The minimum Gasteiger partial charge on any atom is -0.468 e. The van der Waals surface area contributed by atoms with Gasteiger partial charge in [0.05, 0.1) is 30.4 Å². The van der Waals surface area contributed by atoms with E-state index >= 15 is 0 Å². The summed E-state index contributed by atoms with van der Waals surface area (Å²) in [5.74, 6) is -1.49. The second-order valence-corrected chi connectivity index (χ2v) is 7.97. The molecule has 0 amide bonds. The first kappa shape index (κ1) is 20.3. The molecule has 150 valence electrons. The van der Waals surface area contributed by atoms with Crippen LogP contribution in [0.2, 0.25) is 0 Å². The van der Waals surface area contributed by atoms with Crippen molar-refractivity contribution in [3.8, 4) is 0 Å². The van der Waals surface area contributed by atoms with Crippen molar-refractivity contribution in [1.82, 2.24) is 0 Å². The number of nitrogens with zero attached hydrogens (tertiary/aromatic N) is 1. The van der Waals surface area contributed by atoms with Crippen molar-refractivity contribution in [3.63, 3.8) is 0 Å². The number of hydrogen-bond donors (Lipinski definition) is 0. The van der Waals surface area contributed by atoms with Crippen LogP contribution in [0.15, 0.2) is 71.6 Å². The molecule has 3 rings (SSSR count). The van der Waals surface area contributed by atoms with Gasteiger partial charge < -0.3 is 9.47 Å². The van der Waals surface area contributed by atoms with Crippen LogP contribution in [0, 0.1) is 0 Å². The van der Waals surface area contributed by atoms with Gasteiger partial charge in [0.2, 0.25) is 0 Å². The third-order valence-corrected chi connectivity index (χ3v) is 6.14. The Morgan fingerprint density at radius 2 is 1.52 bits per heavy atom. The standard InChI is InChI=1S/C21H19NO6S/c1-27-20(23)14-22(19-10-6-5-9-18(19)21(24)28-2)29(25,26)17-12-11-15-7-3-4-8-16(15)13-17/h3-13H,14H2,1-2H3. The Labute approximate surface area is 168 Å². The first-order valence-corrected chi connectivity index (χ1v) is 10.1. The fourth-order valence-corrected chi connectivity index (χ4v) is 4.37. The molecule has 0 radical (unpaired) electrons. The van der Waals surface area contributed by atoms with E-state index in [1.165, 1.54) is 31.4 Å². The molecule has 0 spiro atoms. The van der Waals surface area contributed by atoms with Crippen LogP contribution in [0.3, 0.4) is 0 Å². The van der Waals surface area contributed by atoms with Gasteiger partial charge in [-0.15, -0.1) is 0 Å².